The second-order valence-corrected chi connectivity index (χ2v) is 3.26. The van der Waals surface area contributed by atoms with Crippen LogP contribution < -0.4 is 0 Å². The molecule has 72 valence electrons. The SMILES string of the molecule is CC(c1ccco1)c1ccccc1F. The molecule has 0 aliphatic heterocycles. The van der Waals surface area contributed by atoms with Gasteiger partial charge in [-0.2, -0.15) is 0 Å². The summed E-state index contributed by atoms with van der Waals surface area (Å²) in [6.07, 6.45) is 1.60. The molecular weight excluding hydrogens is 179 g/mol. The summed E-state index contributed by atoms with van der Waals surface area (Å²) in [6, 6.07) is 10.4. The second-order valence-electron chi connectivity index (χ2n) is 3.26. The topological polar surface area (TPSA) is 13.1 Å². The van der Waals surface area contributed by atoms with Crippen LogP contribution in [-0.4, -0.2) is 0 Å². The van der Waals surface area contributed by atoms with Crippen LogP contribution in [0.25, 0.3) is 0 Å². The van der Waals surface area contributed by atoms with Crippen molar-refractivity contribution < 1.29 is 8.81 Å². The molecule has 0 aliphatic carbocycles. The molecule has 1 aromatic heterocycles. The van der Waals surface area contributed by atoms with Gasteiger partial charge in [0.25, 0.3) is 0 Å². The molecule has 14 heavy (non-hydrogen) atoms. The number of hydrogen-bond acceptors (Lipinski definition) is 1. The maximum absolute atomic E-state index is 13.4. The summed E-state index contributed by atoms with van der Waals surface area (Å²) in [5.74, 6) is 0.567. The van der Waals surface area contributed by atoms with Crippen LogP contribution >= 0.6 is 0 Å². The zero-order valence-electron chi connectivity index (χ0n) is 7.91. The molecule has 1 unspecified atom stereocenters. The lowest BCUT2D eigenvalue weighted by atomic mass is 9.98. The average Bonchev–Trinajstić information content (AvgIpc) is 2.70. The Bertz CT molecular complexity index is 406. The van der Waals surface area contributed by atoms with Crippen LogP contribution in [0.2, 0.25) is 0 Å². The van der Waals surface area contributed by atoms with E-state index in [0.29, 0.717) is 5.56 Å². The van der Waals surface area contributed by atoms with Gasteiger partial charge in [0.05, 0.1) is 6.26 Å². The van der Waals surface area contributed by atoms with Crippen LogP contribution in [0.4, 0.5) is 4.39 Å². The fourth-order valence-electron chi connectivity index (χ4n) is 1.52. The van der Waals surface area contributed by atoms with E-state index in [4.69, 9.17) is 4.42 Å². The second kappa shape index (κ2) is 3.66. The average molecular weight is 190 g/mol. The van der Waals surface area contributed by atoms with Crippen LogP contribution in [0.1, 0.15) is 24.2 Å². The molecule has 0 bridgehead atoms. The van der Waals surface area contributed by atoms with Crippen LogP contribution in [0, 0.1) is 5.82 Å². The number of halogens is 1. The number of benzene rings is 1. The maximum Gasteiger partial charge on any atom is 0.127 e. The third-order valence-electron chi connectivity index (χ3n) is 2.34. The quantitative estimate of drug-likeness (QED) is 0.705. The van der Waals surface area contributed by atoms with Crippen molar-refractivity contribution in [2.24, 2.45) is 0 Å². The summed E-state index contributed by atoms with van der Waals surface area (Å²) in [7, 11) is 0. The molecule has 0 amide bonds. The highest BCUT2D eigenvalue weighted by Gasteiger charge is 2.14. The Morgan fingerprint density at radius 3 is 2.57 bits per heavy atom. The highest BCUT2D eigenvalue weighted by Crippen LogP contribution is 2.25. The smallest absolute Gasteiger partial charge is 0.127 e. The van der Waals surface area contributed by atoms with Gasteiger partial charge in [0.15, 0.2) is 0 Å². The Labute approximate surface area is 82.2 Å². The molecule has 0 N–H and O–H groups in total. The largest absolute Gasteiger partial charge is 0.469 e. The molecule has 0 fully saturated rings. The van der Waals surface area contributed by atoms with Crippen molar-refractivity contribution in [3.63, 3.8) is 0 Å². The lowest BCUT2D eigenvalue weighted by molar-refractivity contribution is 0.487. The molecule has 2 aromatic rings. The zero-order valence-corrected chi connectivity index (χ0v) is 7.91. The molecule has 1 aromatic carbocycles. The van der Waals surface area contributed by atoms with E-state index in [1.54, 1.807) is 18.4 Å². The van der Waals surface area contributed by atoms with Crippen molar-refractivity contribution in [2.75, 3.05) is 0 Å². The normalized spacial score (nSPS) is 12.7. The van der Waals surface area contributed by atoms with Gasteiger partial charge >= 0.3 is 0 Å². The first-order chi connectivity index (χ1) is 6.79. The summed E-state index contributed by atoms with van der Waals surface area (Å²) in [4.78, 5) is 0. The Balaban J connectivity index is 2.37. The minimum absolute atomic E-state index is 0.0359. The van der Waals surface area contributed by atoms with E-state index < -0.39 is 0 Å². The fourth-order valence-corrected chi connectivity index (χ4v) is 1.52. The molecule has 0 saturated heterocycles. The third-order valence-corrected chi connectivity index (χ3v) is 2.34. The van der Waals surface area contributed by atoms with Gasteiger partial charge in [-0.1, -0.05) is 25.1 Å². The summed E-state index contributed by atoms with van der Waals surface area (Å²) in [5.41, 5.74) is 0.669. The Morgan fingerprint density at radius 2 is 1.93 bits per heavy atom. The van der Waals surface area contributed by atoms with Crippen LogP contribution in [0.15, 0.2) is 47.1 Å². The predicted molar refractivity (Wildman–Crippen MR) is 52.6 cm³/mol. The van der Waals surface area contributed by atoms with Gasteiger partial charge in [0, 0.05) is 5.92 Å². The third kappa shape index (κ3) is 1.55. The minimum atomic E-state index is -0.184. The van der Waals surface area contributed by atoms with E-state index in [9.17, 15) is 4.39 Å². The number of furan rings is 1. The van der Waals surface area contributed by atoms with Crippen molar-refractivity contribution in [1.29, 1.82) is 0 Å². The molecular formula is C12H11FO. The molecule has 0 spiro atoms. The van der Waals surface area contributed by atoms with Gasteiger partial charge in [-0.15, -0.1) is 0 Å². The summed E-state index contributed by atoms with van der Waals surface area (Å²) >= 11 is 0. The van der Waals surface area contributed by atoms with E-state index in [1.165, 1.54) is 6.07 Å². The molecule has 1 nitrogen and oxygen atoms in total. The fraction of sp³-hybridized carbons (Fsp3) is 0.167. The lowest BCUT2D eigenvalue weighted by Crippen LogP contribution is -1.97. The zero-order chi connectivity index (χ0) is 9.97. The Hall–Kier alpha value is -1.57. The monoisotopic (exact) mass is 190 g/mol. The van der Waals surface area contributed by atoms with Crippen molar-refractivity contribution in [3.8, 4) is 0 Å². The molecule has 1 heterocycles. The van der Waals surface area contributed by atoms with E-state index in [-0.39, 0.29) is 11.7 Å². The van der Waals surface area contributed by atoms with Crippen molar-refractivity contribution in [3.05, 3.63) is 59.8 Å². The van der Waals surface area contributed by atoms with Crippen LogP contribution in [-0.2, 0) is 0 Å². The van der Waals surface area contributed by atoms with Crippen molar-refractivity contribution in [1.82, 2.24) is 0 Å². The van der Waals surface area contributed by atoms with Crippen LogP contribution in [0.3, 0.4) is 0 Å². The lowest BCUT2D eigenvalue weighted by Gasteiger charge is -2.09. The summed E-state index contributed by atoms with van der Waals surface area (Å²) in [5, 5.41) is 0. The molecule has 2 heteroatoms. The molecule has 0 aliphatic rings. The van der Waals surface area contributed by atoms with E-state index in [2.05, 4.69) is 0 Å². The minimum Gasteiger partial charge on any atom is -0.469 e. The highest BCUT2D eigenvalue weighted by molar-refractivity contribution is 5.27. The predicted octanol–water partition coefficient (Wildman–Crippen LogP) is 3.57. The molecule has 0 radical (unpaired) electrons. The standard InChI is InChI=1S/C12H11FO/c1-9(12-7-4-8-14-12)10-5-2-3-6-11(10)13/h2-9H,1H3. The summed E-state index contributed by atoms with van der Waals surface area (Å²) < 4.78 is 18.6. The molecule has 0 saturated carbocycles. The van der Waals surface area contributed by atoms with Crippen molar-refractivity contribution >= 4 is 0 Å². The molecule has 1 atom stereocenters. The van der Waals surface area contributed by atoms with Gasteiger partial charge in [0.2, 0.25) is 0 Å². The Kier molecular flexibility index (Phi) is 2.35. The maximum atomic E-state index is 13.4. The van der Waals surface area contributed by atoms with Gasteiger partial charge in [-0.25, -0.2) is 4.39 Å². The van der Waals surface area contributed by atoms with Gasteiger partial charge in [0.1, 0.15) is 11.6 Å². The van der Waals surface area contributed by atoms with E-state index in [0.717, 1.165) is 5.76 Å². The van der Waals surface area contributed by atoms with Crippen molar-refractivity contribution in [2.45, 2.75) is 12.8 Å². The Morgan fingerprint density at radius 1 is 1.14 bits per heavy atom. The first kappa shape index (κ1) is 9.00. The first-order valence-corrected chi connectivity index (χ1v) is 4.57. The van der Waals surface area contributed by atoms with Gasteiger partial charge < -0.3 is 4.42 Å². The number of hydrogen-bond donors (Lipinski definition) is 0. The van der Waals surface area contributed by atoms with Crippen LogP contribution in [0.5, 0.6) is 0 Å². The van der Waals surface area contributed by atoms with Gasteiger partial charge in [-0.05, 0) is 23.8 Å². The molecule has 2 rings (SSSR count). The van der Waals surface area contributed by atoms with E-state index >= 15 is 0 Å². The highest BCUT2D eigenvalue weighted by atomic mass is 19.1. The summed E-state index contributed by atoms with van der Waals surface area (Å²) in [6.45, 7) is 1.93. The first-order valence-electron chi connectivity index (χ1n) is 4.57. The van der Waals surface area contributed by atoms with Gasteiger partial charge in [-0.3, -0.25) is 0 Å². The number of rotatable bonds is 2. The van der Waals surface area contributed by atoms with E-state index in [1.807, 2.05) is 25.1 Å².